The van der Waals surface area contributed by atoms with Gasteiger partial charge in [-0.15, -0.1) is 0 Å². The van der Waals surface area contributed by atoms with E-state index in [0.29, 0.717) is 27.9 Å². The van der Waals surface area contributed by atoms with Crippen LogP contribution in [-0.4, -0.2) is 24.5 Å². The second kappa shape index (κ2) is 7.26. The first kappa shape index (κ1) is 17.5. The predicted molar refractivity (Wildman–Crippen MR) is 99.7 cm³/mol. The summed E-state index contributed by atoms with van der Waals surface area (Å²) >= 11 is 0. The third-order valence-electron chi connectivity index (χ3n) is 4.12. The normalized spacial score (nSPS) is 10.7. The van der Waals surface area contributed by atoms with Crippen LogP contribution in [0.3, 0.4) is 0 Å². The van der Waals surface area contributed by atoms with Gasteiger partial charge in [0.05, 0.1) is 12.5 Å². The van der Waals surface area contributed by atoms with Gasteiger partial charge in [-0.2, -0.15) is 4.73 Å². The number of anilines is 1. The van der Waals surface area contributed by atoms with Crippen molar-refractivity contribution in [3.05, 3.63) is 53.6 Å². The Morgan fingerprint density at radius 2 is 2.04 bits per heavy atom. The molecule has 0 radical (unpaired) electrons. The molecule has 3 aromatic rings. The fourth-order valence-electron chi connectivity index (χ4n) is 2.91. The zero-order chi connectivity index (χ0) is 18.7. The second-order valence-electron chi connectivity index (χ2n) is 5.80. The summed E-state index contributed by atoms with van der Waals surface area (Å²) in [6.45, 7) is 2.41. The van der Waals surface area contributed by atoms with E-state index in [-0.39, 0.29) is 11.4 Å². The van der Waals surface area contributed by atoms with E-state index < -0.39 is 5.91 Å². The number of benzene rings is 1. The number of ether oxygens (including phenoxy) is 1. The molecule has 7 nitrogen and oxygen atoms in total. The van der Waals surface area contributed by atoms with Gasteiger partial charge in [-0.3, -0.25) is 4.79 Å². The van der Waals surface area contributed by atoms with Gasteiger partial charge in [0.1, 0.15) is 5.69 Å². The van der Waals surface area contributed by atoms with E-state index in [0.717, 1.165) is 17.5 Å². The second-order valence-corrected chi connectivity index (χ2v) is 5.80. The van der Waals surface area contributed by atoms with E-state index in [4.69, 9.17) is 10.5 Å². The van der Waals surface area contributed by atoms with Crippen LogP contribution in [-0.2, 0) is 0 Å². The van der Waals surface area contributed by atoms with Crippen LogP contribution in [0.5, 0.6) is 5.88 Å². The van der Waals surface area contributed by atoms with Crippen molar-refractivity contribution < 1.29 is 14.3 Å². The number of rotatable bonds is 5. The SMILES string of the molecule is CCCNC(=O)c1c(N)c2cccc(-c3cccnc3OC)c2c[n+]1[O-]. The van der Waals surface area contributed by atoms with E-state index in [9.17, 15) is 10.0 Å². The first-order valence-electron chi connectivity index (χ1n) is 8.30. The molecule has 26 heavy (non-hydrogen) atoms. The molecule has 0 atom stereocenters. The molecule has 0 saturated heterocycles. The third kappa shape index (κ3) is 2.99. The van der Waals surface area contributed by atoms with Gasteiger partial charge in [-0.05, 0) is 18.6 Å². The van der Waals surface area contributed by atoms with Gasteiger partial charge in [0.25, 0.3) is 0 Å². The molecule has 0 bridgehead atoms. The highest BCUT2D eigenvalue weighted by atomic mass is 16.5. The molecular weight excluding hydrogens is 332 g/mol. The minimum Gasteiger partial charge on any atom is -0.618 e. The Bertz CT molecular complexity index is 972. The topological polar surface area (TPSA) is 104 Å². The molecular formula is C19H20N4O3. The Morgan fingerprint density at radius 3 is 2.77 bits per heavy atom. The zero-order valence-electron chi connectivity index (χ0n) is 14.7. The van der Waals surface area contributed by atoms with Gasteiger partial charge in [-0.1, -0.05) is 25.1 Å². The van der Waals surface area contributed by atoms with Crippen LogP contribution < -0.4 is 20.5 Å². The molecule has 3 N–H and O–H groups in total. The van der Waals surface area contributed by atoms with Crippen LogP contribution in [0.25, 0.3) is 21.9 Å². The summed E-state index contributed by atoms with van der Waals surface area (Å²) in [5.74, 6) is -0.0357. The smallest absolute Gasteiger partial charge is 0.319 e. The fourth-order valence-corrected chi connectivity index (χ4v) is 2.91. The Hall–Kier alpha value is -3.35. The van der Waals surface area contributed by atoms with Crippen molar-refractivity contribution >= 4 is 22.4 Å². The Labute approximate surface area is 151 Å². The molecule has 0 unspecified atom stereocenters. The van der Waals surface area contributed by atoms with Crippen LogP contribution in [0, 0.1) is 5.21 Å². The summed E-state index contributed by atoms with van der Waals surface area (Å²) in [4.78, 5) is 16.5. The molecule has 2 aromatic heterocycles. The Morgan fingerprint density at radius 1 is 1.27 bits per heavy atom. The van der Waals surface area contributed by atoms with Gasteiger partial charge in [0.15, 0.2) is 6.20 Å². The summed E-state index contributed by atoms with van der Waals surface area (Å²) in [6, 6.07) is 9.11. The van der Waals surface area contributed by atoms with Gasteiger partial charge < -0.3 is 21.0 Å². The van der Waals surface area contributed by atoms with Crippen molar-refractivity contribution in [2.45, 2.75) is 13.3 Å². The van der Waals surface area contributed by atoms with Crippen molar-refractivity contribution in [3.8, 4) is 17.0 Å². The minimum atomic E-state index is -0.481. The molecule has 1 amide bonds. The monoisotopic (exact) mass is 352 g/mol. The molecule has 3 rings (SSSR count). The standard InChI is InChI=1S/C19H20N4O3/c1-3-9-21-18(24)17-16(20)13-7-4-6-12(15(13)11-23(17)25)14-8-5-10-22-19(14)26-2/h4-8,10-11H,3,9,20H2,1-2H3,(H,21,24). The van der Waals surface area contributed by atoms with E-state index in [1.54, 1.807) is 18.3 Å². The van der Waals surface area contributed by atoms with Crippen molar-refractivity contribution in [1.82, 2.24) is 10.3 Å². The molecule has 134 valence electrons. The number of fused-ring (bicyclic) bond motifs is 1. The van der Waals surface area contributed by atoms with Crippen molar-refractivity contribution in [2.24, 2.45) is 0 Å². The number of amides is 1. The maximum Gasteiger partial charge on any atom is 0.319 e. The molecule has 0 saturated carbocycles. The molecule has 7 heteroatoms. The fraction of sp³-hybridized carbons (Fsp3) is 0.211. The highest BCUT2D eigenvalue weighted by Crippen LogP contribution is 2.35. The first-order valence-corrected chi connectivity index (χ1v) is 8.30. The quantitative estimate of drug-likeness (QED) is 0.541. The number of carbonyl (C=O) groups excluding carboxylic acids is 1. The van der Waals surface area contributed by atoms with Crippen LogP contribution in [0.1, 0.15) is 23.8 Å². The van der Waals surface area contributed by atoms with Crippen LogP contribution in [0.15, 0.2) is 42.7 Å². The van der Waals surface area contributed by atoms with Gasteiger partial charge in [-0.25, -0.2) is 4.98 Å². The number of methoxy groups -OCH3 is 1. The largest absolute Gasteiger partial charge is 0.618 e. The Kier molecular flexibility index (Phi) is 4.88. The number of hydrogen-bond donors (Lipinski definition) is 2. The highest BCUT2D eigenvalue weighted by Gasteiger charge is 2.24. The van der Waals surface area contributed by atoms with E-state index >= 15 is 0 Å². The highest BCUT2D eigenvalue weighted by molar-refractivity contribution is 6.08. The lowest BCUT2D eigenvalue weighted by molar-refractivity contribution is -0.605. The summed E-state index contributed by atoms with van der Waals surface area (Å²) in [7, 11) is 1.54. The number of nitrogens with two attached hydrogens (primary N) is 1. The van der Waals surface area contributed by atoms with Crippen LogP contribution in [0.2, 0.25) is 0 Å². The number of nitrogens with one attached hydrogen (secondary N) is 1. The predicted octanol–water partition coefficient (Wildman–Crippen LogP) is 2.27. The average Bonchev–Trinajstić information content (AvgIpc) is 2.66. The zero-order valence-corrected chi connectivity index (χ0v) is 14.7. The van der Waals surface area contributed by atoms with Gasteiger partial charge in [0, 0.05) is 29.3 Å². The number of aromatic nitrogens is 2. The molecule has 0 aliphatic rings. The summed E-state index contributed by atoms with van der Waals surface area (Å²) < 4.78 is 5.85. The first-order chi connectivity index (χ1) is 12.6. The van der Waals surface area contributed by atoms with Crippen LogP contribution >= 0.6 is 0 Å². The molecule has 0 spiro atoms. The number of carbonyl (C=O) groups is 1. The molecule has 0 aliphatic carbocycles. The minimum absolute atomic E-state index is 0.0961. The maximum absolute atomic E-state index is 12.5. The van der Waals surface area contributed by atoms with E-state index in [1.807, 2.05) is 25.1 Å². The maximum atomic E-state index is 12.5. The number of nitrogens with zero attached hydrogens (tertiary/aromatic N) is 2. The van der Waals surface area contributed by atoms with Gasteiger partial charge in [0.2, 0.25) is 5.88 Å². The molecule has 1 aromatic carbocycles. The Balaban J connectivity index is 2.22. The summed E-state index contributed by atoms with van der Waals surface area (Å²) in [5.41, 5.74) is 7.73. The lowest BCUT2D eigenvalue weighted by Crippen LogP contribution is -2.40. The molecule has 0 aliphatic heterocycles. The van der Waals surface area contributed by atoms with E-state index in [2.05, 4.69) is 10.3 Å². The van der Waals surface area contributed by atoms with Gasteiger partial charge >= 0.3 is 11.6 Å². The van der Waals surface area contributed by atoms with E-state index in [1.165, 1.54) is 13.3 Å². The lowest BCUT2D eigenvalue weighted by Gasteiger charge is -2.13. The average molecular weight is 352 g/mol. The molecule has 0 fully saturated rings. The summed E-state index contributed by atoms with van der Waals surface area (Å²) in [5, 5.41) is 16.5. The van der Waals surface area contributed by atoms with Crippen LogP contribution in [0.4, 0.5) is 5.69 Å². The van der Waals surface area contributed by atoms with Crippen molar-refractivity contribution in [1.29, 1.82) is 0 Å². The number of hydrogen-bond acceptors (Lipinski definition) is 5. The third-order valence-corrected chi connectivity index (χ3v) is 4.12. The van der Waals surface area contributed by atoms with Crippen molar-refractivity contribution in [3.63, 3.8) is 0 Å². The molecule has 2 heterocycles. The lowest BCUT2D eigenvalue weighted by atomic mass is 9.99. The summed E-state index contributed by atoms with van der Waals surface area (Å²) in [6.07, 6.45) is 3.77. The number of nitrogen functional groups attached to an aromatic ring is 1. The number of pyridine rings is 2. The van der Waals surface area contributed by atoms with Crippen molar-refractivity contribution in [2.75, 3.05) is 19.4 Å².